The lowest BCUT2D eigenvalue weighted by molar-refractivity contribution is 0.102. The molecule has 0 aliphatic carbocycles. The van der Waals surface area contributed by atoms with E-state index in [2.05, 4.69) is 15.3 Å². The van der Waals surface area contributed by atoms with Gasteiger partial charge in [-0.05, 0) is 63.2 Å². The number of hydrogen-bond donors (Lipinski definition) is 2. The summed E-state index contributed by atoms with van der Waals surface area (Å²) in [5, 5.41) is 13.3. The standard InChI is InChI=1S/C27H27N3O5/c1-4-33-20-12-10-19(11-13-20)29-27-22(14-21-18(16-31)15-28-17(3)25(21)35-27)26(32)30-23-8-6-7-9-24(23)34-5-2/h6-15,31H,4-5,16H2,1-3H3,(H,30,32)/b29-27-. The summed E-state index contributed by atoms with van der Waals surface area (Å²) >= 11 is 0. The first-order chi connectivity index (χ1) is 17.0. The minimum absolute atomic E-state index is 0.119. The maximum Gasteiger partial charge on any atom is 0.261 e. The minimum atomic E-state index is -0.425. The van der Waals surface area contributed by atoms with E-state index in [-0.39, 0.29) is 17.7 Å². The van der Waals surface area contributed by atoms with Crippen LogP contribution in [0.4, 0.5) is 11.4 Å². The molecule has 35 heavy (non-hydrogen) atoms. The van der Waals surface area contributed by atoms with Crippen LogP contribution in [0.1, 0.15) is 35.5 Å². The molecule has 0 fully saturated rings. The molecule has 4 aromatic rings. The molecule has 8 heteroatoms. The molecule has 2 aromatic heterocycles. The lowest BCUT2D eigenvalue weighted by atomic mass is 10.1. The number of carbonyl (C=O) groups excluding carboxylic acids is 1. The highest BCUT2D eigenvalue weighted by Crippen LogP contribution is 2.26. The summed E-state index contributed by atoms with van der Waals surface area (Å²) in [6.45, 7) is 6.36. The summed E-state index contributed by atoms with van der Waals surface area (Å²) in [6.07, 6.45) is 1.57. The van der Waals surface area contributed by atoms with Crippen molar-refractivity contribution in [2.24, 2.45) is 4.99 Å². The molecule has 0 aliphatic heterocycles. The summed E-state index contributed by atoms with van der Waals surface area (Å²) in [5.41, 5.74) is 3.06. The number of hydrogen-bond acceptors (Lipinski definition) is 7. The molecular weight excluding hydrogens is 446 g/mol. The monoisotopic (exact) mass is 473 g/mol. The summed E-state index contributed by atoms with van der Waals surface area (Å²) in [5.74, 6) is 0.855. The van der Waals surface area contributed by atoms with Crippen LogP contribution in [0.5, 0.6) is 11.5 Å². The predicted octanol–water partition coefficient (Wildman–Crippen LogP) is 4.91. The second kappa shape index (κ2) is 10.8. The highest BCUT2D eigenvalue weighted by Gasteiger charge is 2.18. The van der Waals surface area contributed by atoms with Crippen LogP contribution in [0.3, 0.4) is 0 Å². The first kappa shape index (κ1) is 24.0. The molecule has 0 aliphatic rings. The van der Waals surface area contributed by atoms with Crippen LogP contribution in [0.25, 0.3) is 11.0 Å². The largest absolute Gasteiger partial charge is 0.494 e. The van der Waals surface area contributed by atoms with Crippen LogP contribution in [-0.4, -0.2) is 29.2 Å². The molecule has 0 radical (unpaired) electrons. The number of benzene rings is 2. The van der Waals surface area contributed by atoms with Gasteiger partial charge in [-0.1, -0.05) is 12.1 Å². The van der Waals surface area contributed by atoms with Crippen molar-refractivity contribution >= 4 is 28.3 Å². The van der Waals surface area contributed by atoms with Crippen LogP contribution >= 0.6 is 0 Å². The van der Waals surface area contributed by atoms with Crippen molar-refractivity contribution in [1.29, 1.82) is 0 Å². The number of pyridine rings is 1. The van der Waals surface area contributed by atoms with Gasteiger partial charge in [-0.15, -0.1) is 0 Å². The van der Waals surface area contributed by atoms with Gasteiger partial charge < -0.3 is 24.3 Å². The molecule has 2 heterocycles. The van der Waals surface area contributed by atoms with Crippen molar-refractivity contribution in [3.63, 3.8) is 0 Å². The number of rotatable bonds is 8. The number of nitrogens with zero attached hydrogens (tertiary/aromatic N) is 2. The van der Waals surface area contributed by atoms with Crippen LogP contribution in [0, 0.1) is 6.92 Å². The third-order valence-corrected chi connectivity index (χ3v) is 5.28. The first-order valence-electron chi connectivity index (χ1n) is 11.4. The van der Waals surface area contributed by atoms with Gasteiger partial charge in [0.15, 0.2) is 5.58 Å². The second-order valence-electron chi connectivity index (χ2n) is 7.66. The summed E-state index contributed by atoms with van der Waals surface area (Å²) < 4.78 is 17.3. The van der Waals surface area contributed by atoms with Crippen molar-refractivity contribution in [3.8, 4) is 11.5 Å². The quantitative estimate of drug-likeness (QED) is 0.377. The zero-order valence-corrected chi connectivity index (χ0v) is 19.9. The molecule has 0 unspecified atom stereocenters. The molecule has 180 valence electrons. The lowest BCUT2D eigenvalue weighted by Gasteiger charge is -2.12. The molecule has 0 saturated carbocycles. The van der Waals surface area contributed by atoms with E-state index in [0.29, 0.717) is 52.6 Å². The third-order valence-electron chi connectivity index (χ3n) is 5.28. The fourth-order valence-electron chi connectivity index (χ4n) is 3.60. The van der Waals surface area contributed by atoms with Gasteiger partial charge in [0.1, 0.15) is 17.1 Å². The van der Waals surface area contributed by atoms with E-state index in [0.717, 1.165) is 5.75 Å². The maximum atomic E-state index is 13.5. The second-order valence-corrected chi connectivity index (χ2v) is 7.66. The van der Waals surface area contributed by atoms with Crippen LogP contribution in [0.2, 0.25) is 0 Å². The lowest BCUT2D eigenvalue weighted by Crippen LogP contribution is -2.22. The molecule has 8 nitrogen and oxygen atoms in total. The molecule has 0 spiro atoms. The zero-order valence-electron chi connectivity index (χ0n) is 19.9. The smallest absolute Gasteiger partial charge is 0.261 e. The number of aliphatic hydroxyl groups excluding tert-OH is 1. The van der Waals surface area contributed by atoms with Crippen molar-refractivity contribution in [3.05, 3.63) is 83.2 Å². The van der Waals surface area contributed by atoms with Crippen molar-refractivity contribution in [2.45, 2.75) is 27.4 Å². The molecule has 2 aromatic carbocycles. The van der Waals surface area contributed by atoms with E-state index >= 15 is 0 Å². The molecule has 0 bridgehead atoms. The highest BCUT2D eigenvalue weighted by atomic mass is 16.5. The molecular formula is C27H27N3O5. The Hall–Kier alpha value is -4.17. The number of para-hydroxylation sites is 2. The number of carbonyl (C=O) groups is 1. The summed E-state index contributed by atoms with van der Waals surface area (Å²) in [4.78, 5) is 22.4. The van der Waals surface area contributed by atoms with Crippen LogP contribution < -0.4 is 20.3 Å². The Morgan fingerprint density at radius 1 is 1.09 bits per heavy atom. The van der Waals surface area contributed by atoms with Gasteiger partial charge in [0, 0.05) is 17.1 Å². The third kappa shape index (κ3) is 5.33. The Morgan fingerprint density at radius 2 is 1.83 bits per heavy atom. The Kier molecular flexibility index (Phi) is 7.42. The first-order valence-corrected chi connectivity index (χ1v) is 11.4. The van der Waals surface area contributed by atoms with Gasteiger partial charge in [-0.3, -0.25) is 9.78 Å². The molecule has 4 rings (SSSR count). The number of aliphatic hydroxyl groups is 1. The average molecular weight is 474 g/mol. The predicted molar refractivity (Wildman–Crippen MR) is 133 cm³/mol. The van der Waals surface area contributed by atoms with Gasteiger partial charge in [0.05, 0.1) is 36.9 Å². The van der Waals surface area contributed by atoms with E-state index < -0.39 is 5.91 Å². The Bertz CT molecular complexity index is 1410. The summed E-state index contributed by atoms with van der Waals surface area (Å²) in [6, 6.07) is 16.0. The molecule has 2 N–H and O–H groups in total. The number of aryl methyl sites for hydroxylation is 1. The Morgan fingerprint density at radius 3 is 2.54 bits per heavy atom. The zero-order chi connectivity index (χ0) is 24.8. The fourth-order valence-corrected chi connectivity index (χ4v) is 3.60. The maximum absolute atomic E-state index is 13.5. The number of amides is 1. The van der Waals surface area contributed by atoms with E-state index in [4.69, 9.17) is 13.9 Å². The molecule has 1 amide bonds. The van der Waals surface area contributed by atoms with Crippen molar-refractivity contribution in [1.82, 2.24) is 4.98 Å². The molecule has 0 atom stereocenters. The van der Waals surface area contributed by atoms with E-state index in [1.807, 2.05) is 26.0 Å². The highest BCUT2D eigenvalue weighted by molar-refractivity contribution is 6.06. The summed E-state index contributed by atoms with van der Waals surface area (Å²) in [7, 11) is 0. The van der Waals surface area contributed by atoms with E-state index in [1.165, 1.54) is 0 Å². The normalized spacial score (nSPS) is 11.5. The Balaban J connectivity index is 1.86. The van der Waals surface area contributed by atoms with Crippen molar-refractivity contribution in [2.75, 3.05) is 18.5 Å². The van der Waals surface area contributed by atoms with Gasteiger partial charge in [0.25, 0.3) is 5.91 Å². The minimum Gasteiger partial charge on any atom is -0.494 e. The number of nitrogens with one attached hydrogen (secondary N) is 1. The number of aromatic nitrogens is 1. The van der Waals surface area contributed by atoms with Gasteiger partial charge in [-0.25, -0.2) is 4.99 Å². The van der Waals surface area contributed by atoms with E-state index in [9.17, 15) is 9.90 Å². The van der Waals surface area contributed by atoms with E-state index in [1.54, 1.807) is 55.6 Å². The molecule has 0 saturated heterocycles. The van der Waals surface area contributed by atoms with Crippen molar-refractivity contribution < 1.29 is 23.8 Å². The number of ether oxygens (including phenoxy) is 2. The SMILES string of the molecule is CCOc1ccc(/N=c2\oc3c(C)ncc(CO)c3cc2C(=O)Nc2ccccc2OCC)cc1. The van der Waals surface area contributed by atoms with Crippen LogP contribution in [0.15, 0.2) is 70.2 Å². The topological polar surface area (TPSA) is 106 Å². The van der Waals surface area contributed by atoms with Gasteiger partial charge in [-0.2, -0.15) is 0 Å². The van der Waals surface area contributed by atoms with Gasteiger partial charge >= 0.3 is 0 Å². The number of anilines is 1. The Labute approximate surface area is 202 Å². The van der Waals surface area contributed by atoms with Crippen LogP contribution in [-0.2, 0) is 6.61 Å². The van der Waals surface area contributed by atoms with Gasteiger partial charge in [0.2, 0.25) is 5.55 Å². The fraction of sp³-hybridized carbons (Fsp3) is 0.222. The average Bonchev–Trinajstić information content (AvgIpc) is 2.87. The number of fused-ring (bicyclic) bond motifs is 1.